The molecule has 6 nitrogen and oxygen atoms in total. The lowest BCUT2D eigenvalue weighted by molar-refractivity contribution is 0.666. The van der Waals surface area contributed by atoms with Crippen molar-refractivity contribution >= 4 is 43.6 Å². The van der Waals surface area contributed by atoms with Crippen molar-refractivity contribution in [3.8, 4) is 79.7 Å². The van der Waals surface area contributed by atoms with Crippen LogP contribution in [0.3, 0.4) is 0 Å². The fraction of sp³-hybridized carbons (Fsp3) is 0.0909. The molecule has 6 heteroatoms. The molecule has 0 spiro atoms. The second-order valence-electron chi connectivity index (χ2n) is 20.3. The maximum Gasteiger partial charge on any atom is 0.160 e. The molecule has 0 aliphatic heterocycles. The predicted octanol–water partition coefficient (Wildman–Crippen LogP) is 16.0. The molecule has 0 N–H and O–H groups in total. The number of hydrogen-bond donors (Lipinski definition) is 0. The zero-order valence-corrected chi connectivity index (χ0v) is 40.2. The summed E-state index contributed by atoms with van der Waals surface area (Å²) in [6, 6.07) is 72.8. The van der Waals surface area contributed by atoms with E-state index in [4.69, 9.17) is 9.97 Å². The smallest absolute Gasteiger partial charge is 0.160 e. The summed E-state index contributed by atoms with van der Waals surface area (Å²) in [6.45, 7) is 9.35. The summed E-state index contributed by atoms with van der Waals surface area (Å²) in [4.78, 5) is 10.8. The van der Waals surface area contributed by atoms with Crippen LogP contribution >= 0.6 is 0 Å². The first kappa shape index (κ1) is 41.6. The van der Waals surface area contributed by atoms with Crippen molar-refractivity contribution in [3.05, 3.63) is 228 Å². The summed E-state index contributed by atoms with van der Waals surface area (Å²) < 4.78 is 4.70. The monoisotopic (exact) mass is 920 g/mol. The second kappa shape index (κ2) is 15.1. The topological polar surface area (TPSA) is 83.2 Å². The summed E-state index contributed by atoms with van der Waals surface area (Å²) >= 11 is 0. The molecule has 14 rings (SSSR count). The van der Waals surface area contributed by atoms with E-state index in [0.29, 0.717) is 28.3 Å². The molecular formula is C66H44N6. The maximum atomic E-state index is 10.6. The molecular weight excluding hydrogens is 877 g/mol. The highest BCUT2D eigenvalue weighted by molar-refractivity contribution is 6.16. The Hall–Kier alpha value is -9.36. The van der Waals surface area contributed by atoms with Gasteiger partial charge in [0.15, 0.2) is 5.82 Å². The van der Waals surface area contributed by atoms with Crippen LogP contribution < -0.4 is 0 Å². The van der Waals surface area contributed by atoms with Crippen molar-refractivity contribution < 1.29 is 0 Å². The van der Waals surface area contributed by atoms with Crippen LogP contribution in [0, 0.1) is 22.7 Å². The lowest BCUT2D eigenvalue weighted by Gasteiger charge is -2.23. The molecule has 338 valence electrons. The quantitative estimate of drug-likeness (QED) is 0.172. The molecule has 12 aromatic rings. The number of rotatable bonds is 5. The third kappa shape index (κ3) is 5.69. The van der Waals surface area contributed by atoms with Crippen molar-refractivity contribution in [2.45, 2.75) is 38.5 Å². The highest BCUT2D eigenvalue weighted by Crippen LogP contribution is 2.55. The van der Waals surface area contributed by atoms with Crippen LogP contribution in [0.4, 0.5) is 0 Å². The van der Waals surface area contributed by atoms with E-state index >= 15 is 0 Å². The molecule has 0 fully saturated rings. The lowest BCUT2D eigenvalue weighted by atomic mass is 9.80. The third-order valence-corrected chi connectivity index (χ3v) is 15.8. The molecule has 0 radical (unpaired) electrons. The molecule has 0 unspecified atom stereocenters. The van der Waals surface area contributed by atoms with Gasteiger partial charge < -0.3 is 9.13 Å². The Bertz CT molecular complexity index is 4160. The first-order valence-corrected chi connectivity index (χ1v) is 24.5. The Morgan fingerprint density at radius 3 is 1.29 bits per heavy atom. The number of fused-ring (bicyclic) bond motifs is 14. The Morgan fingerprint density at radius 2 is 0.819 bits per heavy atom. The normalized spacial score (nSPS) is 13.8. The number of benzene rings is 9. The molecule has 3 heterocycles. The average molecular weight is 921 g/mol. The second-order valence-corrected chi connectivity index (χ2v) is 20.3. The summed E-state index contributed by atoms with van der Waals surface area (Å²) in [7, 11) is 0. The number of para-hydroxylation sites is 2. The summed E-state index contributed by atoms with van der Waals surface area (Å²) in [5, 5.41) is 25.9. The van der Waals surface area contributed by atoms with Gasteiger partial charge in [0, 0.05) is 49.1 Å². The van der Waals surface area contributed by atoms with Gasteiger partial charge in [-0.15, -0.1) is 0 Å². The van der Waals surface area contributed by atoms with E-state index in [9.17, 15) is 10.5 Å². The lowest BCUT2D eigenvalue weighted by Crippen LogP contribution is -2.15. The summed E-state index contributed by atoms with van der Waals surface area (Å²) in [5.41, 5.74) is 20.7. The molecule has 0 atom stereocenters. The Labute approximate surface area is 417 Å². The molecule has 2 aliphatic carbocycles. The number of aromatic nitrogens is 4. The largest absolute Gasteiger partial charge is 0.309 e. The van der Waals surface area contributed by atoms with E-state index in [1.54, 1.807) is 0 Å². The number of nitriles is 2. The van der Waals surface area contributed by atoms with Crippen LogP contribution in [-0.2, 0) is 10.8 Å². The van der Waals surface area contributed by atoms with Crippen LogP contribution in [0.1, 0.15) is 61.1 Å². The van der Waals surface area contributed by atoms with Gasteiger partial charge in [0.1, 0.15) is 0 Å². The van der Waals surface area contributed by atoms with Gasteiger partial charge >= 0.3 is 0 Å². The van der Waals surface area contributed by atoms with Gasteiger partial charge in [0.2, 0.25) is 0 Å². The Balaban J connectivity index is 1.04. The standard InChI is InChI=1S/C66H44N6/c1-65(2)50-22-12-8-18-42(50)44-28-32-58-60(62(44)65)46-20-10-14-24-54(46)71(58)56-30-26-39(37-67)34-48(56)52-36-53(70-64(69-52)41-16-6-5-7-17-41)49-35-40(38-68)27-31-57(49)72-55-25-15-11-21-47(55)61-59(72)33-29-45-43-19-9-13-23-51(43)66(3,4)63(45)61/h5-36H,1-4H3. The SMILES string of the molecule is CC1(C)c2ccccc2-c2ccc3c(c21)c1ccccc1n3-c1ccc(C#N)cc1-c1cc(-c2cc(C#N)ccc2-n2c3ccccc3c3c4c(ccc32)-c2ccccc2C4(C)C)nc(-c2ccccc2)n1. The Kier molecular flexibility index (Phi) is 8.71. The van der Waals surface area contributed by atoms with Gasteiger partial charge in [-0.2, -0.15) is 10.5 Å². The number of nitrogens with zero attached hydrogens (tertiary/aromatic N) is 6. The van der Waals surface area contributed by atoms with E-state index in [2.05, 4.69) is 182 Å². The van der Waals surface area contributed by atoms with Crippen molar-refractivity contribution in [3.63, 3.8) is 0 Å². The van der Waals surface area contributed by atoms with Gasteiger partial charge in [-0.25, -0.2) is 9.97 Å². The van der Waals surface area contributed by atoms with E-state index in [0.717, 1.165) is 60.9 Å². The van der Waals surface area contributed by atoms with E-state index in [-0.39, 0.29) is 10.8 Å². The molecule has 2 aliphatic rings. The zero-order valence-electron chi connectivity index (χ0n) is 40.2. The maximum absolute atomic E-state index is 10.6. The fourth-order valence-corrected chi connectivity index (χ4v) is 12.6. The molecule has 0 bridgehead atoms. The van der Waals surface area contributed by atoms with Gasteiger partial charge in [0.05, 0.1) is 68.1 Å². The van der Waals surface area contributed by atoms with Crippen LogP contribution in [0.25, 0.3) is 111 Å². The van der Waals surface area contributed by atoms with Crippen molar-refractivity contribution in [2.24, 2.45) is 0 Å². The predicted molar refractivity (Wildman–Crippen MR) is 292 cm³/mol. The molecule has 3 aromatic heterocycles. The first-order chi connectivity index (χ1) is 35.1. The first-order valence-electron chi connectivity index (χ1n) is 24.5. The highest BCUT2D eigenvalue weighted by atomic mass is 15.0. The van der Waals surface area contributed by atoms with Gasteiger partial charge in [0.25, 0.3) is 0 Å². The van der Waals surface area contributed by atoms with Gasteiger partial charge in [-0.3, -0.25) is 0 Å². The fourth-order valence-electron chi connectivity index (χ4n) is 12.6. The van der Waals surface area contributed by atoms with E-state index in [1.165, 1.54) is 55.3 Å². The van der Waals surface area contributed by atoms with Crippen LogP contribution in [-0.4, -0.2) is 19.1 Å². The third-order valence-electron chi connectivity index (χ3n) is 15.8. The van der Waals surface area contributed by atoms with Crippen molar-refractivity contribution in [1.29, 1.82) is 10.5 Å². The summed E-state index contributed by atoms with van der Waals surface area (Å²) in [5.74, 6) is 0.531. The summed E-state index contributed by atoms with van der Waals surface area (Å²) in [6.07, 6.45) is 0. The van der Waals surface area contributed by atoms with Gasteiger partial charge in [-0.1, -0.05) is 155 Å². The van der Waals surface area contributed by atoms with Crippen LogP contribution in [0.5, 0.6) is 0 Å². The minimum atomic E-state index is -0.243. The molecule has 0 saturated carbocycles. The Morgan fingerprint density at radius 1 is 0.389 bits per heavy atom. The van der Waals surface area contributed by atoms with E-state index < -0.39 is 0 Å². The highest BCUT2D eigenvalue weighted by Gasteiger charge is 2.40. The zero-order chi connectivity index (χ0) is 48.6. The number of hydrogen-bond acceptors (Lipinski definition) is 4. The minimum absolute atomic E-state index is 0.243. The molecule has 0 amide bonds. The van der Waals surface area contributed by atoms with Crippen molar-refractivity contribution in [1.82, 2.24) is 19.1 Å². The molecule has 0 saturated heterocycles. The van der Waals surface area contributed by atoms with Gasteiger partial charge in [-0.05, 0) is 111 Å². The van der Waals surface area contributed by atoms with Crippen LogP contribution in [0.15, 0.2) is 194 Å². The van der Waals surface area contributed by atoms with E-state index in [1.807, 2.05) is 60.7 Å². The van der Waals surface area contributed by atoms with Crippen molar-refractivity contribution in [2.75, 3.05) is 0 Å². The minimum Gasteiger partial charge on any atom is -0.309 e. The molecule has 9 aromatic carbocycles. The van der Waals surface area contributed by atoms with Crippen LogP contribution in [0.2, 0.25) is 0 Å². The average Bonchev–Trinajstić information content (AvgIpc) is 4.10. The molecule has 72 heavy (non-hydrogen) atoms.